The molecule has 0 saturated heterocycles. The van der Waals surface area contributed by atoms with E-state index in [1.54, 1.807) is 19.2 Å². The van der Waals surface area contributed by atoms with Crippen LogP contribution in [0.1, 0.15) is 24.5 Å². The lowest BCUT2D eigenvalue weighted by molar-refractivity contribution is 0.0480. The van der Waals surface area contributed by atoms with Crippen molar-refractivity contribution in [1.29, 1.82) is 0 Å². The molecule has 0 fully saturated rings. The van der Waals surface area contributed by atoms with Crippen LogP contribution in [0.5, 0.6) is 5.75 Å². The molecule has 0 aliphatic rings. The van der Waals surface area contributed by atoms with Crippen molar-refractivity contribution < 1.29 is 9.84 Å². The highest BCUT2D eigenvalue weighted by molar-refractivity contribution is 6.30. The van der Waals surface area contributed by atoms with Gasteiger partial charge in [-0.2, -0.15) is 0 Å². The molecule has 0 spiro atoms. The summed E-state index contributed by atoms with van der Waals surface area (Å²) in [6.07, 6.45) is 1.46. The maximum absolute atomic E-state index is 10.6. The highest BCUT2D eigenvalue weighted by atomic mass is 35.5. The monoisotopic (exact) mass is 290 g/mol. The summed E-state index contributed by atoms with van der Waals surface area (Å²) >= 11 is 5.87. The molecular weight excluding hydrogens is 272 g/mol. The first-order chi connectivity index (χ1) is 9.51. The molecule has 0 aliphatic heterocycles. The number of aryl methyl sites for hydroxylation is 1. The Morgan fingerprint density at radius 1 is 1.05 bits per heavy atom. The molecule has 1 N–H and O–H groups in total. The van der Waals surface area contributed by atoms with Gasteiger partial charge in [0.05, 0.1) is 12.7 Å². The number of benzene rings is 2. The van der Waals surface area contributed by atoms with Crippen LogP contribution in [0, 0.1) is 0 Å². The second-order valence-corrected chi connectivity index (χ2v) is 5.57. The molecule has 2 aromatic carbocycles. The van der Waals surface area contributed by atoms with Gasteiger partial charge in [-0.1, -0.05) is 35.9 Å². The summed E-state index contributed by atoms with van der Waals surface area (Å²) in [5, 5.41) is 11.3. The Balaban J connectivity index is 2.02. The van der Waals surface area contributed by atoms with Crippen LogP contribution in [0.2, 0.25) is 5.02 Å². The van der Waals surface area contributed by atoms with Gasteiger partial charge in [0.1, 0.15) is 5.75 Å². The molecule has 20 heavy (non-hydrogen) atoms. The molecule has 2 aromatic rings. The third-order valence-corrected chi connectivity index (χ3v) is 3.78. The van der Waals surface area contributed by atoms with Crippen LogP contribution in [0.3, 0.4) is 0 Å². The largest absolute Gasteiger partial charge is 0.497 e. The van der Waals surface area contributed by atoms with Crippen molar-refractivity contribution in [2.45, 2.75) is 25.4 Å². The molecule has 106 valence electrons. The van der Waals surface area contributed by atoms with Gasteiger partial charge in [-0.25, -0.2) is 0 Å². The Morgan fingerprint density at radius 2 is 1.65 bits per heavy atom. The number of aliphatic hydroxyl groups is 1. The van der Waals surface area contributed by atoms with Gasteiger partial charge in [0, 0.05) is 5.02 Å². The fraction of sp³-hybridized carbons (Fsp3) is 0.294. The summed E-state index contributed by atoms with van der Waals surface area (Å²) in [5.41, 5.74) is 1.21. The Morgan fingerprint density at radius 3 is 2.20 bits per heavy atom. The topological polar surface area (TPSA) is 29.5 Å². The van der Waals surface area contributed by atoms with Crippen LogP contribution in [-0.4, -0.2) is 12.2 Å². The van der Waals surface area contributed by atoms with Crippen molar-refractivity contribution in [3.63, 3.8) is 0 Å². The molecule has 2 nitrogen and oxygen atoms in total. The average Bonchev–Trinajstić information content (AvgIpc) is 2.46. The van der Waals surface area contributed by atoms with Crippen LogP contribution in [-0.2, 0) is 12.0 Å². The van der Waals surface area contributed by atoms with Gasteiger partial charge in [0.15, 0.2) is 0 Å². The van der Waals surface area contributed by atoms with E-state index in [1.807, 2.05) is 43.3 Å². The molecule has 3 heteroatoms. The molecule has 0 heterocycles. The summed E-state index contributed by atoms with van der Waals surface area (Å²) in [7, 11) is 1.65. The normalized spacial score (nSPS) is 13.8. The second-order valence-electron chi connectivity index (χ2n) is 5.13. The van der Waals surface area contributed by atoms with Gasteiger partial charge in [-0.05, 0) is 55.2 Å². The van der Waals surface area contributed by atoms with E-state index in [0.29, 0.717) is 11.4 Å². The first-order valence-corrected chi connectivity index (χ1v) is 7.00. The average molecular weight is 291 g/mol. The van der Waals surface area contributed by atoms with Crippen molar-refractivity contribution >= 4 is 11.6 Å². The first-order valence-electron chi connectivity index (χ1n) is 6.62. The van der Waals surface area contributed by atoms with Gasteiger partial charge in [0.25, 0.3) is 0 Å². The predicted molar refractivity (Wildman–Crippen MR) is 82.3 cm³/mol. The standard InChI is InChI=1S/C17H19ClO2/c1-17(19,14-5-7-15(18)8-6-14)12-11-13-3-9-16(20-2)10-4-13/h3-10,19H,11-12H2,1-2H3. The molecule has 0 aromatic heterocycles. The Labute approximate surface area is 125 Å². The lowest BCUT2D eigenvalue weighted by atomic mass is 9.89. The van der Waals surface area contributed by atoms with E-state index >= 15 is 0 Å². The van der Waals surface area contributed by atoms with E-state index in [9.17, 15) is 5.11 Å². The summed E-state index contributed by atoms with van der Waals surface area (Å²) < 4.78 is 5.13. The number of hydrogen-bond donors (Lipinski definition) is 1. The number of methoxy groups -OCH3 is 1. The molecule has 0 aliphatic carbocycles. The van der Waals surface area contributed by atoms with E-state index in [0.717, 1.165) is 17.7 Å². The van der Waals surface area contributed by atoms with Crippen molar-refractivity contribution in [2.24, 2.45) is 0 Å². The van der Waals surface area contributed by atoms with Gasteiger partial charge >= 0.3 is 0 Å². The van der Waals surface area contributed by atoms with Crippen molar-refractivity contribution in [3.8, 4) is 5.75 Å². The summed E-state index contributed by atoms with van der Waals surface area (Å²) in [6.45, 7) is 1.83. The smallest absolute Gasteiger partial charge is 0.118 e. The van der Waals surface area contributed by atoms with Crippen LogP contribution in [0.25, 0.3) is 0 Å². The zero-order valence-electron chi connectivity index (χ0n) is 11.8. The van der Waals surface area contributed by atoms with Crippen LogP contribution in [0.15, 0.2) is 48.5 Å². The lowest BCUT2D eigenvalue weighted by Gasteiger charge is -2.24. The van der Waals surface area contributed by atoms with Crippen LogP contribution < -0.4 is 4.74 Å². The molecule has 0 radical (unpaired) electrons. The van der Waals surface area contributed by atoms with Crippen molar-refractivity contribution in [2.75, 3.05) is 7.11 Å². The van der Waals surface area contributed by atoms with E-state index in [-0.39, 0.29) is 0 Å². The number of ether oxygens (including phenoxy) is 1. The molecular formula is C17H19ClO2. The van der Waals surface area contributed by atoms with Crippen LogP contribution >= 0.6 is 11.6 Å². The minimum absolute atomic E-state index is 0.654. The van der Waals surface area contributed by atoms with E-state index in [2.05, 4.69) is 0 Å². The molecule has 0 amide bonds. The summed E-state index contributed by atoms with van der Waals surface area (Å²) in [5.74, 6) is 0.846. The molecule has 1 atom stereocenters. The SMILES string of the molecule is COc1ccc(CCC(C)(O)c2ccc(Cl)cc2)cc1. The third kappa shape index (κ3) is 3.75. The summed E-state index contributed by atoms with van der Waals surface area (Å²) in [4.78, 5) is 0. The van der Waals surface area contributed by atoms with Crippen molar-refractivity contribution in [1.82, 2.24) is 0 Å². The summed E-state index contributed by atoms with van der Waals surface area (Å²) in [6, 6.07) is 15.3. The number of rotatable bonds is 5. The van der Waals surface area contributed by atoms with Gasteiger partial charge in [-0.15, -0.1) is 0 Å². The second kappa shape index (κ2) is 6.29. The van der Waals surface area contributed by atoms with E-state index in [4.69, 9.17) is 16.3 Å². The minimum atomic E-state index is -0.857. The van der Waals surface area contributed by atoms with Gasteiger partial charge < -0.3 is 9.84 Å². The third-order valence-electron chi connectivity index (χ3n) is 3.53. The lowest BCUT2D eigenvalue weighted by Crippen LogP contribution is -2.21. The van der Waals surface area contributed by atoms with E-state index in [1.165, 1.54) is 5.56 Å². The molecule has 0 saturated carbocycles. The fourth-order valence-electron chi connectivity index (χ4n) is 2.13. The fourth-order valence-corrected chi connectivity index (χ4v) is 2.26. The van der Waals surface area contributed by atoms with E-state index < -0.39 is 5.60 Å². The predicted octanol–water partition coefficient (Wildman–Crippen LogP) is 4.19. The quantitative estimate of drug-likeness (QED) is 0.895. The first kappa shape index (κ1) is 14.9. The number of hydrogen-bond acceptors (Lipinski definition) is 2. The molecule has 2 rings (SSSR count). The highest BCUT2D eigenvalue weighted by Gasteiger charge is 2.22. The number of halogens is 1. The zero-order chi connectivity index (χ0) is 14.6. The van der Waals surface area contributed by atoms with Crippen molar-refractivity contribution in [3.05, 3.63) is 64.7 Å². The maximum Gasteiger partial charge on any atom is 0.118 e. The molecule has 1 unspecified atom stereocenters. The van der Waals surface area contributed by atoms with Gasteiger partial charge in [-0.3, -0.25) is 0 Å². The maximum atomic E-state index is 10.6. The van der Waals surface area contributed by atoms with Gasteiger partial charge in [0.2, 0.25) is 0 Å². The zero-order valence-corrected chi connectivity index (χ0v) is 12.5. The highest BCUT2D eigenvalue weighted by Crippen LogP contribution is 2.27. The van der Waals surface area contributed by atoms with Crippen LogP contribution in [0.4, 0.5) is 0 Å². The Bertz CT molecular complexity index is 544. The Kier molecular flexibility index (Phi) is 4.69. The Hall–Kier alpha value is -1.51. The molecule has 0 bridgehead atoms. The minimum Gasteiger partial charge on any atom is -0.497 e.